The minimum atomic E-state index is -3.82. The molecule has 0 fully saturated rings. The van der Waals surface area contributed by atoms with Crippen molar-refractivity contribution in [3.8, 4) is 0 Å². The highest BCUT2D eigenvalue weighted by atomic mass is 35.5. The van der Waals surface area contributed by atoms with Gasteiger partial charge in [-0.05, 0) is 59.9 Å². The molecule has 6 nitrogen and oxygen atoms in total. The Bertz CT molecular complexity index is 1500. The second-order valence-electron chi connectivity index (χ2n) is 8.16. The predicted octanol–water partition coefficient (Wildman–Crippen LogP) is 5.66. The number of nitrogens with one attached hydrogen (secondary N) is 2. The lowest BCUT2D eigenvalue weighted by Crippen LogP contribution is -2.19. The van der Waals surface area contributed by atoms with Crippen LogP contribution in [-0.4, -0.2) is 29.9 Å². The van der Waals surface area contributed by atoms with Crippen molar-refractivity contribution in [3.05, 3.63) is 93.8 Å². The third kappa shape index (κ3) is 5.68. The molecule has 0 aliphatic rings. The number of carbonyl (C=O) groups is 1. The van der Waals surface area contributed by atoms with Crippen molar-refractivity contribution in [2.24, 2.45) is 0 Å². The zero-order valence-corrected chi connectivity index (χ0v) is 20.3. The molecule has 0 atom stereocenters. The molecule has 4 aromatic rings. The molecule has 10 heteroatoms. The van der Waals surface area contributed by atoms with Gasteiger partial charge in [0.1, 0.15) is 11.5 Å². The van der Waals surface area contributed by atoms with E-state index in [2.05, 4.69) is 14.7 Å². The number of benzene rings is 2. The molecule has 0 saturated carbocycles. The molecule has 0 aliphatic carbocycles. The van der Waals surface area contributed by atoms with Gasteiger partial charge in [0.05, 0.1) is 17.0 Å². The van der Waals surface area contributed by atoms with E-state index in [1.54, 1.807) is 25.1 Å². The molecule has 0 amide bonds. The zero-order chi connectivity index (χ0) is 25.2. The Labute approximate surface area is 206 Å². The number of Topliss-reactive ketones (excluding diaryl/α,β-unsaturated/α-hetero) is 1. The number of hydrogen-bond donors (Lipinski definition) is 2. The number of nitrogens with zero attached hydrogens (tertiary/aromatic N) is 1. The van der Waals surface area contributed by atoms with Crippen LogP contribution in [0.2, 0.25) is 5.02 Å². The SMILES string of the molecule is CCCS(=O)(=O)Nc1ccc(F)c(C(=O)Cc2cnc3[nH]cc(Cc4ccc(Cl)cc4)c3c2)c1F. The smallest absolute Gasteiger partial charge is 0.232 e. The summed E-state index contributed by atoms with van der Waals surface area (Å²) in [6, 6.07) is 11.0. The van der Waals surface area contributed by atoms with Crippen LogP contribution in [0.25, 0.3) is 11.0 Å². The Hall–Kier alpha value is -3.30. The van der Waals surface area contributed by atoms with Crippen LogP contribution in [0.5, 0.6) is 0 Å². The van der Waals surface area contributed by atoms with E-state index in [1.807, 2.05) is 18.3 Å². The van der Waals surface area contributed by atoms with Crippen molar-refractivity contribution < 1.29 is 22.0 Å². The van der Waals surface area contributed by atoms with E-state index in [4.69, 9.17) is 11.6 Å². The maximum atomic E-state index is 15.0. The van der Waals surface area contributed by atoms with Gasteiger partial charge in [-0.2, -0.15) is 0 Å². The summed E-state index contributed by atoms with van der Waals surface area (Å²) < 4.78 is 55.5. The van der Waals surface area contributed by atoms with E-state index < -0.39 is 38.7 Å². The van der Waals surface area contributed by atoms with Crippen LogP contribution in [0.1, 0.15) is 40.4 Å². The summed E-state index contributed by atoms with van der Waals surface area (Å²) in [4.78, 5) is 20.3. The standard InChI is InChI=1S/C25H22ClF2N3O3S/c1-2-9-35(33,34)31-21-8-7-20(27)23(24(21)28)22(32)12-16-11-19-17(14-30-25(19)29-13-16)10-15-3-5-18(26)6-4-15/h3-8,11,13-14,31H,2,9-10,12H2,1H3,(H,29,30). The number of anilines is 1. The molecule has 4 rings (SSSR count). The summed E-state index contributed by atoms with van der Waals surface area (Å²) in [7, 11) is -3.82. The minimum absolute atomic E-state index is 0.228. The molecule has 0 spiro atoms. The van der Waals surface area contributed by atoms with E-state index in [0.29, 0.717) is 29.1 Å². The number of fused-ring (bicyclic) bond motifs is 1. The number of aromatic amines is 1. The summed E-state index contributed by atoms with van der Waals surface area (Å²) in [5.74, 6) is -3.36. The van der Waals surface area contributed by atoms with Gasteiger partial charge in [0.2, 0.25) is 10.0 Å². The number of pyridine rings is 1. The Kier molecular flexibility index (Phi) is 7.18. The van der Waals surface area contributed by atoms with Gasteiger partial charge in [0, 0.05) is 29.2 Å². The van der Waals surface area contributed by atoms with Gasteiger partial charge in [-0.15, -0.1) is 0 Å². The molecule has 35 heavy (non-hydrogen) atoms. The quantitative estimate of drug-likeness (QED) is 0.280. The first-order valence-corrected chi connectivity index (χ1v) is 12.9. The molecule has 2 aromatic carbocycles. The number of sulfonamides is 1. The summed E-state index contributed by atoms with van der Waals surface area (Å²) in [5, 5.41) is 1.42. The Morgan fingerprint density at radius 3 is 2.57 bits per heavy atom. The number of aromatic nitrogens is 2. The zero-order valence-electron chi connectivity index (χ0n) is 18.7. The Morgan fingerprint density at radius 2 is 1.86 bits per heavy atom. The lowest BCUT2D eigenvalue weighted by Gasteiger charge is -2.11. The molecule has 182 valence electrons. The highest BCUT2D eigenvalue weighted by Gasteiger charge is 2.23. The van der Waals surface area contributed by atoms with E-state index in [-0.39, 0.29) is 12.2 Å². The first-order valence-electron chi connectivity index (χ1n) is 10.9. The first-order chi connectivity index (χ1) is 16.7. The average molecular weight is 518 g/mol. The topological polar surface area (TPSA) is 91.9 Å². The van der Waals surface area contributed by atoms with Gasteiger partial charge in [0.15, 0.2) is 11.6 Å². The molecule has 0 saturated heterocycles. The van der Waals surface area contributed by atoms with Crippen LogP contribution in [0, 0.1) is 11.6 Å². The summed E-state index contributed by atoms with van der Waals surface area (Å²) in [5.41, 5.74) is 1.80. The molecule has 2 N–H and O–H groups in total. The van der Waals surface area contributed by atoms with Crippen molar-refractivity contribution in [1.29, 1.82) is 0 Å². The van der Waals surface area contributed by atoms with Crippen LogP contribution >= 0.6 is 11.6 Å². The summed E-state index contributed by atoms with van der Waals surface area (Å²) in [6.07, 6.45) is 3.89. The fourth-order valence-electron chi connectivity index (χ4n) is 3.81. The fraction of sp³-hybridized carbons (Fsp3) is 0.200. The van der Waals surface area contributed by atoms with Gasteiger partial charge in [0.25, 0.3) is 0 Å². The largest absolute Gasteiger partial charge is 0.346 e. The third-order valence-corrected chi connectivity index (χ3v) is 7.18. The van der Waals surface area contributed by atoms with Gasteiger partial charge >= 0.3 is 0 Å². The molecule has 2 heterocycles. The number of carbonyl (C=O) groups excluding carboxylic acids is 1. The second-order valence-corrected chi connectivity index (χ2v) is 10.4. The van der Waals surface area contributed by atoms with E-state index in [9.17, 15) is 22.0 Å². The van der Waals surface area contributed by atoms with E-state index in [0.717, 1.165) is 28.6 Å². The van der Waals surface area contributed by atoms with Crippen LogP contribution in [0.4, 0.5) is 14.5 Å². The normalized spacial score (nSPS) is 11.7. The minimum Gasteiger partial charge on any atom is -0.346 e. The van der Waals surface area contributed by atoms with Gasteiger partial charge in [-0.25, -0.2) is 22.2 Å². The van der Waals surface area contributed by atoms with Gasteiger partial charge in [-0.3, -0.25) is 9.52 Å². The molecule has 0 aliphatic heterocycles. The van der Waals surface area contributed by atoms with Crippen LogP contribution in [0.15, 0.2) is 54.9 Å². The van der Waals surface area contributed by atoms with Crippen molar-refractivity contribution in [2.75, 3.05) is 10.5 Å². The molecule has 2 aromatic heterocycles. The molecule has 0 bridgehead atoms. The lowest BCUT2D eigenvalue weighted by atomic mass is 10.0. The molecular weight excluding hydrogens is 496 g/mol. The first kappa shape index (κ1) is 24.8. The predicted molar refractivity (Wildman–Crippen MR) is 132 cm³/mol. The third-order valence-electron chi connectivity index (χ3n) is 5.45. The van der Waals surface area contributed by atoms with Gasteiger partial charge in [-0.1, -0.05) is 30.7 Å². The number of hydrogen-bond acceptors (Lipinski definition) is 4. The van der Waals surface area contributed by atoms with E-state index in [1.165, 1.54) is 6.20 Å². The van der Waals surface area contributed by atoms with Crippen molar-refractivity contribution in [1.82, 2.24) is 9.97 Å². The van der Waals surface area contributed by atoms with Crippen LogP contribution in [0.3, 0.4) is 0 Å². The highest BCUT2D eigenvalue weighted by Crippen LogP contribution is 2.26. The summed E-state index contributed by atoms with van der Waals surface area (Å²) in [6.45, 7) is 1.66. The average Bonchev–Trinajstić information content (AvgIpc) is 3.19. The number of rotatable bonds is 9. The van der Waals surface area contributed by atoms with Crippen LogP contribution < -0.4 is 4.72 Å². The fourth-order valence-corrected chi connectivity index (χ4v) is 5.07. The Balaban J connectivity index is 1.60. The number of H-pyrrole nitrogens is 1. The van der Waals surface area contributed by atoms with Crippen molar-refractivity contribution >= 4 is 44.1 Å². The molecule has 0 unspecified atom stereocenters. The maximum Gasteiger partial charge on any atom is 0.232 e. The number of halogens is 3. The second kappa shape index (κ2) is 10.1. The lowest BCUT2D eigenvalue weighted by molar-refractivity contribution is 0.0985. The maximum absolute atomic E-state index is 15.0. The van der Waals surface area contributed by atoms with Crippen molar-refractivity contribution in [3.63, 3.8) is 0 Å². The van der Waals surface area contributed by atoms with E-state index >= 15 is 0 Å². The monoisotopic (exact) mass is 517 g/mol. The Morgan fingerprint density at radius 1 is 1.11 bits per heavy atom. The highest BCUT2D eigenvalue weighted by molar-refractivity contribution is 7.92. The van der Waals surface area contributed by atoms with Crippen LogP contribution in [-0.2, 0) is 22.9 Å². The molecular formula is C25H22ClF2N3O3S. The number of ketones is 1. The van der Waals surface area contributed by atoms with Crippen molar-refractivity contribution in [2.45, 2.75) is 26.2 Å². The summed E-state index contributed by atoms with van der Waals surface area (Å²) >= 11 is 5.95. The van der Waals surface area contributed by atoms with Gasteiger partial charge < -0.3 is 4.98 Å². The molecule has 0 radical (unpaired) electrons.